The molecule has 0 heterocycles. The zero-order chi connectivity index (χ0) is 31.7. The van der Waals surface area contributed by atoms with E-state index in [9.17, 15) is 9.90 Å². The Morgan fingerprint density at radius 3 is 2.30 bits per heavy atom. The third-order valence-electron chi connectivity index (χ3n) is 7.70. The van der Waals surface area contributed by atoms with Crippen LogP contribution in [0, 0.1) is 11.2 Å². The summed E-state index contributed by atoms with van der Waals surface area (Å²) in [6.07, 6.45) is 1.41. The van der Waals surface area contributed by atoms with Gasteiger partial charge in [0.15, 0.2) is 0 Å². The summed E-state index contributed by atoms with van der Waals surface area (Å²) < 4.78 is 33.6. The topological polar surface area (TPSA) is 65.0 Å². The van der Waals surface area contributed by atoms with Crippen molar-refractivity contribution in [1.82, 2.24) is 0 Å². The van der Waals surface area contributed by atoms with E-state index < -0.39 is 5.97 Å². The summed E-state index contributed by atoms with van der Waals surface area (Å²) in [4.78, 5) is 11.5. The third kappa shape index (κ3) is 8.70. The van der Waals surface area contributed by atoms with Crippen molar-refractivity contribution in [2.45, 2.75) is 72.2 Å². The molecule has 0 aliphatic rings. The Kier molecular flexibility index (Phi) is 11.2. The predicted octanol–water partition coefficient (Wildman–Crippen LogP) is 9.74. The summed E-state index contributed by atoms with van der Waals surface area (Å²) >= 11 is 0. The van der Waals surface area contributed by atoms with E-state index in [1.54, 1.807) is 19.2 Å². The minimum absolute atomic E-state index is 0.0704. The average Bonchev–Trinajstić information content (AvgIpc) is 3.00. The van der Waals surface area contributed by atoms with Gasteiger partial charge in [0.25, 0.3) is 0 Å². The van der Waals surface area contributed by atoms with Gasteiger partial charge in [0, 0.05) is 5.56 Å². The van der Waals surface area contributed by atoms with Crippen molar-refractivity contribution in [3.8, 4) is 22.6 Å². The van der Waals surface area contributed by atoms with Crippen LogP contribution in [0.4, 0.5) is 4.39 Å². The molecule has 2 atom stereocenters. The summed E-state index contributed by atoms with van der Waals surface area (Å²) in [6, 6.07) is 28.4. The van der Waals surface area contributed by atoms with Gasteiger partial charge < -0.3 is 19.3 Å². The minimum Gasteiger partial charge on any atom is -0.497 e. The summed E-state index contributed by atoms with van der Waals surface area (Å²) in [5, 5.41) is 9.40. The highest BCUT2D eigenvalue weighted by atomic mass is 19.1. The van der Waals surface area contributed by atoms with Gasteiger partial charge >= 0.3 is 5.97 Å². The maximum absolute atomic E-state index is 15.3. The van der Waals surface area contributed by atoms with Gasteiger partial charge in [-0.3, -0.25) is 4.79 Å². The molecule has 0 amide bonds. The quantitative estimate of drug-likeness (QED) is 0.157. The number of aliphatic carboxylic acids is 1. The Balaban J connectivity index is 1.69. The molecule has 0 aliphatic carbocycles. The Hall–Kier alpha value is -4.16. The van der Waals surface area contributed by atoms with Crippen LogP contribution in [0.5, 0.6) is 11.5 Å². The van der Waals surface area contributed by atoms with Crippen LogP contribution in [-0.4, -0.2) is 18.2 Å². The molecule has 0 radical (unpaired) electrons. The lowest BCUT2D eigenvalue weighted by atomic mass is 9.81. The number of hydrogen-bond acceptors (Lipinski definition) is 4. The first-order valence-corrected chi connectivity index (χ1v) is 15.2. The molecule has 0 saturated carbocycles. The highest BCUT2D eigenvalue weighted by molar-refractivity contribution is 5.71. The Morgan fingerprint density at radius 1 is 0.841 bits per heavy atom. The van der Waals surface area contributed by atoms with Gasteiger partial charge in [-0.2, -0.15) is 0 Å². The van der Waals surface area contributed by atoms with Crippen molar-refractivity contribution in [2.24, 2.45) is 5.41 Å². The van der Waals surface area contributed by atoms with Crippen molar-refractivity contribution < 1.29 is 28.5 Å². The van der Waals surface area contributed by atoms with Crippen molar-refractivity contribution in [1.29, 1.82) is 0 Å². The van der Waals surface area contributed by atoms with E-state index in [4.69, 9.17) is 14.2 Å². The Morgan fingerprint density at radius 2 is 1.61 bits per heavy atom. The van der Waals surface area contributed by atoms with E-state index in [0.29, 0.717) is 23.7 Å². The molecular weight excluding hydrogens is 555 g/mol. The van der Waals surface area contributed by atoms with Crippen molar-refractivity contribution in [3.63, 3.8) is 0 Å². The summed E-state index contributed by atoms with van der Waals surface area (Å²) in [7, 11) is 1.57. The first-order valence-electron chi connectivity index (χ1n) is 15.2. The van der Waals surface area contributed by atoms with Crippen LogP contribution in [0.3, 0.4) is 0 Å². The zero-order valence-electron chi connectivity index (χ0n) is 26.3. The van der Waals surface area contributed by atoms with Crippen LogP contribution >= 0.6 is 0 Å². The summed E-state index contributed by atoms with van der Waals surface area (Å²) in [5.74, 6) is 0.0240. The molecular formula is C38H43FO5. The van der Waals surface area contributed by atoms with Crippen molar-refractivity contribution in [3.05, 3.63) is 119 Å². The number of benzene rings is 4. The largest absolute Gasteiger partial charge is 0.497 e. The molecule has 0 spiro atoms. The second-order valence-corrected chi connectivity index (χ2v) is 12.3. The SMILES string of the molecule is CCC[C@@H](CC(=O)O)c1cccc(OCc2ccc(-c3cc(OC)ccc3F)c([C@H](OCc3ccccc3)C(C)(C)C)c2)c1. The fourth-order valence-corrected chi connectivity index (χ4v) is 5.53. The maximum atomic E-state index is 15.3. The fraction of sp³-hybridized carbons (Fsp3) is 0.342. The lowest BCUT2D eigenvalue weighted by molar-refractivity contribution is -0.137. The van der Waals surface area contributed by atoms with E-state index in [2.05, 4.69) is 27.7 Å². The lowest BCUT2D eigenvalue weighted by Gasteiger charge is -2.33. The van der Waals surface area contributed by atoms with Gasteiger partial charge in [-0.25, -0.2) is 4.39 Å². The molecule has 1 N–H and O–H groups in total. The second-order valence-electron chi connectivity index (χ2n) is 12.3. The number of carboxylic acids is 1. The first-order chi connectivity index (χ1) is 21.1. The molecule has 232 valence electrons. The Bertz CT molecular complexity index is 1530. The maximum Gasteiger partial charge on any atom is 0.303 e. The van der Waals surface area contributed by atoms with Crippen LogP contribution in [0.1, 0.15) is 81.2 Å². The molecule has 4 aromatic carbocycles. The number of carbonyl (C=O) groups is 1. The molecule has 0 bridgehead atoms. The molecule has 0 saturated heterocycles. The highest BCUT2D eigenvalue weighted by Gasteiger charge is 2.30. The number of hydrogen-bond donors (Lipinski definition) is 1. The molecule has 4 rings (SSSR count). The monoisotopic (exact) mass is 598 g/mol. The van der Waals surface area contributed by atoms with Gasteiger partial charge in [-0.1, -0.05) is 88.7 Å². The molecule has 6 heteroatoms. The third-order valence-corrected chi connectivity index (χ3v) is 7.70. The fourth-order valence-electron chi connectivity index (χ4n) is 5.53. The van der Waals surface area contributed by atoms with Crippen LogP contribution < -0.4 is 9.47 Å². The molecule has 0 unspecified atom stereocenters. The van der Waals surface area contributed by atoms with E-state index in [-0.39, 0.29) is 36.3 Å². The van der Waals surface area contributed by atoms with Crippen molar-refractivity contribution in [2.75, 3.05) is 7.11 Å². The molecule has 44 heavy (non-hydrogen) atoms. The molecule has 0 aromatic heterocycles. The zero-order valence-corrected chi connectivity index (χ0v) is 26.3. The minimum atomic E-state index is -0.808. The average molecular weight is 599 g/mol. The van der Waals surface area contributed by atoms with Crippen LogP contribution in [0.25, 0.3) is 11.1 Å². The lowest BCUT2D eigenvalue weighted by Crippen LogP contribution is -2.22. The Labute approximate surface area is 260 Å². The van der Waals surface area contributed by atoms with Crippen LogP contribution in [0.2, 0.25) is 0 Å². The van der Waals surface area contributed by atoms with E-state index in [0.717, 1.165) is 40.7 Å². The number of ether oxygens (including phenoxy) is 3. The molecule has 5 nitrogen and oxygen atoms in total. The van der Waals surface area contributed by atoms with E-state index >= 15 is 4.39 Å². The van der Waals surface area contributed by atoms with Crippen molar-refractivity contribution >= 4 is 5.97 Å². The van der Waals surface area contributed by atoms with Gasteiger partial charge in [-0.15, -0.1) is 0 Å². The highest BCUT2D eigenvalue weighted by Crippen LogP contribution is 2.43. The molecule has 0 aliphatic heterocycles. The number of halogens is 1. The standard InChI is InChI=1S/C38H43FO5/c1-6-11-28(22-36(40)41)29-14-10-15-31(21-29)43-25-27-16-18-32(33-23-30(42-5)17-19-35(33)39)34(20-27)37(38(2,3)4)44-24-26-12-8-7-9-13-26/h7-10,12-21,23,28,37H,6,11,22,24-25H2,1-5H3,(H,40,41)/t28-,37-/m0/s1. The first kappa shape index (κ1) is 32.7. The molecule has 0 fully saturated rings. The van der Waals surface area contributed by atoms with Crippen LogP contribution in [-0.2, 0) is 22.7 Å². The van der Waals surface area contributed by atoms with Gasteiger partial charge in [0.1, 0.15) is 23.9 Å². The second kappa shape index (κ2) is 15.0. The van der Waals surface area contributed by atoms with Gasteiger partial charge in [-0.05, 0) is 82.0 Å². The summed E-state index contributed by atoms with van der Waals surface area (Å²) in [5.41, 5.74) is 4.64. The normalized spacial score (nSPS) is 12.9. The summed E-state index contributed by atoms with van der Waals surface area (Å²) in [6.45, 7) is 9.10. The molecule has 4 aromatic rings. The van der Waals surface area contributed by atoms with Gasteiger partial charge in [0.05, 0.1) is 26.2 Å². The van der Waals surface area contributed by atoms with E-state index in [1.165, 1.54) is 6.07 Å². The van der Waals surface area contributed by atoms with Crippen LogP contribution in [0.15, 0.2) is 91.0 Å². The smallest absolute Gasteiger partial charge is 0.303 e. The van der Waals surface area contributed by atoms with E-state index in [1.807, 2.05) is 72.8 Å². The van der Waals surface area contributed by atoms with Gasteiger partial charge in [0.2, 0.25) is 0 Å². The number of methoxy groups -OCH3 is 1. The number of carboxylic acid groups (broad SMARTS) is 1. The predicted molar refractivity (Wildman–Crippen MR) is 172 cm³/mol. The number of rotatable bonds is 14.